The molecule has 2 aliphatic heterocycles. The summed E-state index contributed by atoms with van der Waals surface area (Å²) in [5.41, 5.74) is 7.77. The van der Waals surface area contributed by atoms with Crippen molar-refractivity contribution in [1.82, 2.24) is 50.5 Å². The maximum absolute atomic E-state index is 4.43. The van der Waals surface area contributed by atoms with Crippen molar-refractivity contribution in [3.05, 3.63) is 84.2 Å². The molecule has 1 aromatic carbocycles. The quantitative estimate of drug-likeness (QED) is 0.183. The van der Waals surface area contributed by atoms with Gasteiger partial charge in [-0.3, -0.25) is 15.1 Å². The summed E-state index contributed by atoms with van der Waals surface area (Å²) in [6.45, 7) is 5.45. The van der Waals surface area contributed by atoms with Gasteiger partial charge in [0.15, 0.2) is 11.3 Å². The number of likely N-dealkylation sites (tertiary alicyclic amines) is 1. The van der Waals surface area contributed by atoms with Crippen LogP contribution in [0.4, 0.5) is 0 Å². The van der Waals surface area contributed by atoms with Crippen molar-refractivity contribution in [2.75, 3.05) is 26.2 Å². The maximum Gasteiger partial charge on any atom is 0.159 e. The van der Waals surface area contributed by atoms with Crippen molar-refractivity contribution in [1.29, 1.82) is 0 Å². The molecule has 0 radical (unpaired) electrons. The Labute approximate surface area is 248 Å². The van der Waals surface area contributed by atoms with Gasteiger partial charge in [0.2, 0.25) is 0 Å². The van der Waals surface area contributed by atoms with Crippen LogP contribution in [0.15, 0.2) is 67.3 Å². The van der Waals surface area contributed by atoms with Crippen LogP contribution in [0.2, 0.25) is 0 Å². The molecule has 6 aromatic heterocycles. The number of aromatic nitrogens is 8. The Bertz CT molecular complexity index is 1970. The summed E-state index contributed by atoms with van der Waals surface area (Å²) in [6.07, 6.45) is 12.3. The van der Waals surface area contributed by atoms with Crippen LogP contribution in [-0.2, 0) is 6.54 Å². The summed E-state index contributed by atoms with van der Waals surface area (Å²) < 4.78 is 0. The lowest BCUT2D eigenvalue weighted by atomic mass is 9.92. The van der Waals surface area contributed by atoms with Crippen LogP contribution in [0.5, 0.6) is 0 Å². The molecular weight excluding hydrogens is 536 g/mol. The number of fused-ring (bicyclic) bond motifs is 6. The van der Waals surface area contributed by atoms with Gasteiger partial charge < -0.3 is 15.5 Å². The van der Waals surface area contributed by atoms with Crippen LogP contribution >= 0.6 is 0 Å². The van der Waals surface area contributed by atoms with Crippen molar-refractivity contribution in [2.45, 2.75) is 44.1 Å². The second-order valence-electron chi connectivity index (χ2n) is 11.9. The first-order valence-corrected chi connectivity index (χ1v) is 15.4. The molecule has 2 unspecified atom stereocenters. The van der Waals surface area contributed by atoms with Gasteiger partial charge in [-0.05, 0) is 56.5 Å². The summed E-state index contributed by atoms with van der Waals surface area (Å²) in [4.78, 5) is 20.0. The molecule has 9 rings (SSSR count). The Morgan fingerprint density at radius 1 is 0.698 bits per heavy atom. The van der Waals surface area contributed by atoms with Crippen LogP contribution in [0.3, 0.4) is 0 Å². The van der Waals surface area contributed by atoms with E-state index in [1.54, 1.807) is 0 Å². The number of H-pyrrole nitrogens is 4. The molecule has 2 saturated heterocycles. The molecule has 5 N–H and O–H groups in total. The van der Waals surface area contributed by atoms with Gasteiger partial charge in [-0.2, -0.15) is 0 Å². The molecule has 0 bridgehead atoms. The monoisotopic (exact) mass is 572 g/mol. The topological polar surface area (TPSA) is 130 Å². The normalized spacial score (nSPS) is 19.7. The largest absolute Gasteiger partial charge is 0.316 e. The minimum atomic E-state index is 0.506. The van der Waals surface area contributed by atoms with Gasteiger partial charge in [0.1, 0.15) is 0 Å². The second-order valence-corrected chi connectivity index (χ2v) is 11.9. The molecule has 2 fully saturated rings. The standard InChI is InChI=1S/C20H21N5.C13H15N5/c1-2-5-14(6-3-1)12-25-10-4-7-15(13-25)19-18-16-8-9-21-20(16)22-11-17(18)23-24-19;1-2-8(6-14-4-1)12-11-9-3-5-15-13(9)16-7-10(11)17-18-12/h1-3,5-6,8-9,11,15,23-24H,4,7,10,12-13H2;3,5,7-8,14,17-18H,1-2,4,6H2. The van der Waals surface area contributed by atoms with Crippen LogP contribution in [0, 0.1) is 0 Å². The lowest BCUT2D eigenvalue weighted by Gasteiger charge is -2.32. The van der Waals surface area contributed by atoms with E-state index in [1.165, 1.54) is 60.0 Å². The van der Waals surface area contributed by atoms with Gasteiger partial charge in [-0.25, -0.2) is 19.9 Å². The highest BCUT2D eigenvalue weighted by atomic mass is 15.2. The van der Waals surface area contributed by atoms with Gasteiger partial charge in [-0.15, -0.1) is 0 Å². The first-order chi connectivity index (χ1) is 21.3. The third-order valence-corrected chi connectivity index (χ3v) is 9.14. The zero-order chi connectivity index (χ0) is 28.6. The molecule has 0 aliphatic carbocycles. The van der Waals surface area contributed by atoms with E-state index in [1.807, 2.05) is 30.9 Å². The fourth-order valence-electron chi connectivity index (χ4n) is 7.07. The second kappa shape index (κ2) is 11.3. The summed E-state index contributed by atoms with van der Waals surface area (Å²) in [5, 5.41) is 21.6. The van der Waals surface area contributed by atoms with Crippen molar-refractivity contribution >= 4 is 43.9 Å². The SMILES string of the molecule is c1cc2c(n1)ncc1[nH][nH]c(C3CCCNC3)c12.c1ccc(CN2CCCC(c3[nH][nH]c4cnc5nccc5c34)C2)cc1. The van der Waals surface area contributed by atoms with Crippen LogP contribution in [0.1, 0.15) is 54.5 Å². The van der Waals surface area contributed by atoms with E-state index in [2.05, 4.69) is 86.9 Å². The third kappa shape index (κ3) is 4.96. The van der Waals surface area contributed by atoms with E-state index in [4.69, 9.17) is 0 Å². The number of piperidine rings is 2. The average molecular weight is 573 g/mol. The Hall–Kier alpha value is -4.54. The Morgan fingerprint density at radius 3 is 2.00 bits per heavy atom. The van der Waals surface area contributed by atoms with E-state index >= 15 is 0 Å². The van der Waals surface area contributed by atoms with Gasteiger partial charge in [0.25, 0.3) is 0 Å². The van der Waals surface area contributed by atoms with Crippen molar-refractivity contribution in [3.63, 3.8) is 0 Å². The lowest BCUT2D eigenvalue weighted by Crippen LogP contribution is -2.34. The number of pyridine rings is 2. The van der Waals surface area contributed by atoms with Crippen LogP contribution in [0.25, 0.3) is 43.9 Å². The van der Waals surface area contributed by atoms with Gasteiger partial charge in [0, 0.05) is 76.8 Å². The molecule has 43 heavy (non-hydrogen) atoms. The molecule has 0 amide bonds. The molecule has 0 spiro atoms. The summed E-state index contributed by atoms with van der Waals surface area (Å²) in [7, 11) is 0. The fraction of sp³-hybridized carbons (Fsp3) is 0.333. The smallest absolute Gasteiger partial charge is 0.159 e. The Balaban J connectivity index is 0.000000136. The minimum Gasteiger partial charge on any atom is -0.316 e. The molecule has 0 saturated carbocycles. The third-order valence-electron chi connectivity index (χ3n) is 9.14. The number of benzene rings is 1. The van der Waals surface area contributed by atoms with Crippen molar-refractivity contribution in [2.24, 2.45) is 0 Å². The predicted octanol–water partition coefficient (Wildman–Crippen LogP) is 5.73. The summed E-state index contributed by atoms with van der Waals surface area (Å²) in [6, 6.07) is 14.9. The predicted molar refractivity (Wildman–Crippen MR) is 170 cm³/mol. The molecule has 10 heteroatoms. The first-order valence-electron chi connectivity index (χ1n) is 15.4. The van der Waals surface area contributed by atoms with E-state index in [0.29, 0.717) is 11.8 Å². The number of hydrogen-bond acceptors (Lipinski definition) is 6. The van der Waals surface area contributed by atoms with Gasteiger partial charge in [-0.1, -0.05) is 30.3 Å². The number of rotatable bonds is 4. The van der Waals surface area contributed by atoms with E-state index in [0.717, 1.165) is 59.3 Å². The van der Waals surface area contributed by atoms with Crippen molar-refractivity contribution < 1.29 is 0 Å². The van der Waals surface area contributed by atoms with Crippen LogP contribution < -0.4 is 5.32 Å². The summed E-state index contributed by atoms with van der Waals surface area (Å²) >= 11 is 0. The number of hydrogen-bond donors (Lipinski definition) is 5. The minimum absolute atomic E-state index is 0.506. The molecule has 2 aliphatic rings. The van der Waals surface area contributed by atoms with Gasteiger partial charge >= 0.3 is 0 Å². The highest BCUT2D eigenvalue weighted by molar-refractivity contribution is 6.05. The van der Waals surface area contributed by atoms with E-state index in [9.17, 15) is 0 Å². The zero-order valence-electron chi connectivity index (χ0n) is 24.1. The lowest BCUT2D eigenvalue weighted by molar-refractivity contribution is 0.199. The molecule has 2 atom stereocenters. The number of aromatic amines is 4. The van der Waals surface area contributed by atoms with Gasteiger partial charge in [0.05, 0.1) is 23.4 Å². The highest BCUT2D eigenvalue weighted by Crippen LogP contribution is 2.34. The molecule has 218 valence electrons. The zero-order valence-corrected chi connectivity index (χ0v) is 24.1. The Morgan fingerprint density at radius 2 is 1.35 bits per heavy atom. The van der Waals surface area contributed by atoms with E-state index < -0.39 is 0 Å². The highest BCUT2D eigenvalue weighted by Gasteiger charge is 2.25. The molecule has 7 aromatic rings. The first kappa shape index (κ1) is 26.1. The van der Waals surface area contributed by atoms with E-state index in [-0.39, 0.29) is 0 Å². The van der Waals surface area contributed by atoms with Crippen molar-refractivity contribution in [3.8, 4) is 0 Å². The average Bonchev–Trinajstić information content (AvgIpc) is 3.87. The molecule has 10 nitrogen and oxygen atoms in total. The summed E-state index contributed by atoms with van der Waals surface area (Å²) in [5.74, 6) is 1.06. The molecule has 8 heterocycles. The maximum atomic E-state index is 4.43. The number of nitrogens with zero attached hydrogens (tertiary/aromatic N) is 5. The fourth-order valence-corrected chi connectivity index (χ4v) is 7.07. The molecular formula is C33H36N10. The number of nitrogens with one attached hydrogen (secondary N) is 5. The Kier molecular flexibility index (Phi) is 6.85. The van der Waals surface area contributed by atoms with Crippen LogP contribution in [-0.4, -0.2) is 71.4 Å².